The van der Waals surface area contributed by atoms with Gasteiger partial charge in [-0.25, -0.2) is 8.42 Å². The quantitative estimate of drug-likeness (QED) is 0.343. The average Bonchev–Trinajstić information content (AvgIpc) is 2.88. The fraction of sp³-hybridized carbons (Fsp3) is 0.481. The normalized spacial score (nSPS) is 13.5. The number of rotatable bonds is 13. The number of anilines is 1. The van der Waals surface area contributed by atoms with Crippen LogP contribution in [0.25, 0.3) is 0 Å². The van der Waals surface area contributed by atoms with E-state index in [4.69, 9.17) is 9.47 Å². The number of hydrogen-bond acceptors (Lipinski definition) is 6. The van der Waals surface area contributed by atoms with Crippen LogP contribution in [-0.2, 0) is 26.2 Å². The number of amides is 2. The van der Waals surface area contributed by atoms with Gasteiger partial charge < -0.3 is 19.7 Å². The van der Waals surface area contributed by atoms with Gasteiger partial charge in [-0.15, -0.1) is 0 Å². The van der Waals surface area contributed by atoms with Crippen molar-refractivity contribution in [3.8, 4) is 11.5 Å². The molecule has 1 heterocycles. The zero-order chi connectivity index (χ0) is 27.7. The van der Waals surface area contributed by atoms with Crippen LogP contribution in [0.1, 0.15) is 45.1 Å². The topological polar surface area (TPSA) is 105 Å². The average molecular weight is 611 g/mol. The van der Waals surface area contributed by atoms with E-state index in [9.17, 15) is 18.0 Å². The third-order valence-corrected chi connectivity index (χ3v) is 7.89. The maximum Gasteiger partial charge on any atom is 0.242 e. The summed E-state index contributed by atoms with van der Waals surface area (Å²) >= 11 is 3.46. The highest BCUT2D eigenvalue weighted by Crippen LogP contribution is 2.34. The van der Waals surface area contributed by atoms with Crippen molar-refractivity contribution in [2.24, 2.45) is 0 Å². The highest BCUT2D eigenvalue weighted by atomic mass is 79.9. The fourth-order valence-electron chi connectivity index (χ4n) is 4.14. The molecule has 9 nitrogen and oxygen atoms in total. The van der Waals surface area contributed by atoms with E-state index in [2.05, 4.69) is 21.2 Å². The number of nitrogens with zero attached hydrogens (tertiary/aromatic N) is 2. The van der Waals surface area contributed by atoms with E-state index in [1.165, 1.54) is 4.31 Å². The smallest absolute Gasteiger partial charge is 0.242 e. The van der Waals surface area contributed by atoms with E-state index in [0.29, 0.717) is 36.9 Å². The molecule has 0 fully saturated rings. The van der Waals surface area contributed by atoms with Crippen LogP contribution in [0.5, 0.6) is 11.5 Å². The van der Waals surface area contributed by atoms with Crippen LogP contribution in [0.2, 0.25) is 0 Å². The number of nitrogens with one attached hydrogen (secondary N) is 1. The van der Waals surface area contributed by atoms with Crippen LogP contribution in [0.3, 0.4) is 0 Å². The molecule has 1 atom stereocenters. The van der Waals surface area contributed by atoms with Gasteiger partial charge in [0.1, 0.15) is 19.3 Å². The van der Waals surface area contributed by atoms with Gasteiger partial charge in [-0.1, -0.05) is 41.4 Å². The number of carbonyl (C=O) groups excluding carboxylic acids is 2. The lowest BCUT2D eigenvalue weighted by Gasteiger charge is -2.29. The molecule has 0 spiro atoms. The third kappa shape index (κ3) is 8.36. The Labute approximate surface area is 233 Å². The van der Waals surface area contributed by atoms with Crippen molar-refractivity contribution in [3.63, 3.8) is 0 Å². The van der Waals surface area contributed by atoms with Gasteiger partial charge in [0.15, 0.2) is 11.5 Å². The first-order valence-electron chi connectivity index (χ1n) is 12.8. The minimum absolute atomic E-state index is 0.0805. The number of sulfonamides is 1. The Bertz CT molecular complexity index is 1220. The van der Waals surface area contributed by atoms with E-state index in [0.717, 1.165) is 29.1 Å². The molecule has 1 aliphatic heterocycles. The van der Waals surface area contributed by atoms with E-state index >= 15 is 0 Å². The Hall–Kier alpha value is -2.79. The summed E-state index contributed by atoms with van der Waals surface area (Å²) in [6.45, 7) is 5.51. The summed E-state index contributed by atoms with van der Waals surface area (Å²) in [6.07, 6.45) is 3.30. The van der Waals surface area contributed by atoms with Gasteiger partial charge >= 0.3 is 0 Å². The maximum atomic E-state index is 13.4. The second kappa shape index (κ2) is 13.8. The van der Waals surface area contributed by atoms with Crippen LogP contribution in [0.4, 0.5) is 5.69 Å². The first-order valence-corrected chi connectivity index (χ1v) is 15.4. The Kier molecular flexibility index (Phi) is 10.8. The second-order valence-electron chi connectivity index (χ2n) is 9.24. The van der Waals surface area contributed by atoms with Crippen molar-refractivity contribution in [2.75, 3.05) is 36.9 Å². The lowest BCUT2D eigenvalue weighted by Crippen LogP contribution is -2.48. The van der Waals surface area contributed by atoms with Crippen LogP contribution < -0.4 is 19.1 Å². The summed E-state index contributed by atoms with van der Waals surface area (Å²) < 4.78 is 38.5. The summed E-state index contributed by atoms with van der Waals surface area (Å²) in [5.74, 6) is 0.620. The number of halogens is 1. The molecule has 0 unspecified atom stereocenters. The molecule has 0 radical (unpaired) electrons. The molecule has 2 aromatic rings. The molecule has 2 amide bonds. The van der Waals surface area contributed by atoms with Crippen molar-refractivity contribution < 1.29 is 27.5 Å². The summed E-state index contributed by atoms with van der Waals surface area (Å²) in [7, 11) is -3.62. The van der Waals surface area contributed by atoms with Crippen molar-refractivity contribution in [1.82, 2.24) is 10.2 Å². The van der Waals surface area contributed by atoms with Crippen LogP contribution in [0.15, 0.2) is 46.9 Å². The minimum Gasteiger partial charge on any atom is -0.486 e. The zero-order valence-corrected chi connectivity index (χ0v) is 24.5. The molecule has 0 aliphatic carbocycles. The Morgan fingerprint density at radius 3 is 2.50 bits per heavy atom. The largest absolute Gasteiger partial charge is 0.486 e. The second-order valence-corrected chi connectivity index (χ2v) is 12.1. The van der Waals surface area contributed by atoms with E-state index < -0.39 is 16.1 Å². The van der Waals surface area contributed by atoms with Gasteiger partial charge in [0, 0.05) is 36.6 Å². The number of carbonyl (C=O) groups is 2. The van der Waals surface area contributed by atoms with Gasteiger partial charge in [-0.3, -0.25) is 13.9 Å². The number of unbranched alkanes of at least 4 members (excludes halogenated alkanes) is 1. The highest BCUT2D eigenvalue weighted by Gasteiger charge is 2.27. The first-order chi connectivity index (χ1) is 18.1. The summed E-state index contributed by atoms with van der Waals surface area (Å²) in [4.78, 5) is 27.8. The molecule has 38 heavy (non-hydrogen) atoms. The van der Waals surface area contributed by atoms with E-state index in [1.54, 1.807) is 30.0 Å². The molecule has 11 heteroatoms. The van der Waals surface area contributed by atoms with Gasteiger partial charge in [0.25, 0.3) is 0 Å². The van der Waals surface area contributed by atoms with Gasteiger partial charge in [0.05, 0.1) is 11.9 Å². The maximum absolute atomic E-state index is 13.4. The molecule has 0 saturated carbocycles. The zero-order valence-electron chi connectivity index (χ0n) is 22.1. The summed E-state index contributed by atoms with van der Waals surface area (Å²) in [5, 5.41) is 2.90. The van der Waals surface area contributed by atoms with E-state index in [-0.39, 0.29) is 37.7 Å². The van der Waals surface area contributed by atoms with Crippen LogP contribution in [-0.4, -0.2) is 63.7 Å². The van der Waals surface area contributed by atoms with Gasteiger partial charge in [-0.05, 0) is 49.6 Å². The Morgan fingerprint density at radius 2 is 1.82 bits per heavy atom. The van der Waals surface area contributed by atoms with Gasteiger partial charge in [0.2, 0.25) is 21.8 Å². The minimum atomic E-state index is -3.62. The lowest BCUT2D eigenvalue weighted by atomic mass is 10.1. The summed E-state index contributed by atoms with van der Waals surface area (Å²) in [5.41, 5.74) is 1.33. The monoisotopic (exact) mass is 609 g/mol. The Morgan fingerprint density at radius 1 is 1.08 bits per heavy atom. The number of benzene rings is 2. The van der Waals surface area contributed by atoms with Crippen molar-refractivity contribution in [2.45, 2.75) is 52.1 Å². The Balaban J connectivity index is 1.72. The highest BCUT2D eigenvalue weighted by molar-refractivity contribution is 9.10. The molecule has 3 rings (SSSR count). The standard InChI is InChI=1S/C27H36BrN3O6S/c1-4-5-13-29-27(33)20(2)30(19-21-8-6-9-22(28)17-21)26(32)10-7-14-31(38(3,34)35)23-11-12-24-25(18-23)37-16-15-36-24/h6,8-9,11-12,17-18,20H,4-5,7,10,13-16,19H2,1-3H3,(H,29,33)/t20-/m0/s1. The number of fused-ring (bicyclic) bond motifs is 1. The first kappa shape index (κ1) is 29.8. The molecule has 1 N–H and O–H groups in total. The molecule has 0 bridgehead atoms. The summed E-state index contributed by atoms with van der Waals surface area (Å²) in [6, 6.07) is 11.9. The number of ether oxygens (including phenoxy) is 2. The van der Waals surface area contributed by atoms with Crippen molar-refractivity contribution in [3.05, 3.63) is 52.5 Å². The molecule has 0 aromatic heterocycles. The molecule has 208 valence electrons. The van der Waals surface area contributed by atoms with Crippen molar-refractivity contribution >= 4 is 43.5 Å². The molecule has 1 aliphatic rings. The number of hydrogen-bond donors (Lipinski definition) is 1. The lowest BCUT2D eigenvalue weighted by molar-refractivity contribution is -0.140. The molecular formula is C27H36BrN3O6S. The fourth-order valence-corrected chi connectivity index (χ4v) is 5.55. The van der Waals surface area contributed by atoms with Crippen molar-refractivity contribution in [1.29, 1.82) is 0 Å². The molecular weight excluding hydrogens is 574 g/mol. The molecule has 0 saturated heterocycles. The van der Waals surface area contributed by atoms with Gasteiger partial charge in [-0.2, -0.15) is 0 Å². The predicted octanol–water partition coefficient (Wildman–Crippen LogP) is 4.10. The van der Waals surface area contributed by atoms with Crippen LogP contribution in [0, 0.1) is 0 Å². The predicted molar refractivity (Wildman–Crippen MR) is 151 cm³/mol. The SMILES string of the molecule is CCCCNC(=O)[C@H](C)N(Cc1cccc(Br)c1)C(=O)CCCN(c1ccc2c(c1)OCCO2)S(C)(=O)=O. The third-order valence-electron chi connectivity index (χ3n) is 6.20. The van der Waals surface area contributed by atoms with Crippen LogP contribution >= 0.6 is 15.9 Å². The molecule has 2 aromatic carbocycles. The van der Waals surface area contributed by atoms with E-state index in [1.807, 2.05) is 31.2 Å².